The van der Waals surface area contributed by atoms with Gasteiger partial charge in [-0.2, -0.15) is 10.1 Å². The first-order valence-electron chi connectivity index (χ1n) is 6.32. The highest BCUT2D eigenvalue weighted by molar-refractivity contribution is 6.30. The van der Waals surface area contributed by atoms with Gasteiger partial charge in [0.2, 0.25) is 17.8 Å². The first kappa shape index (κ1) is 13.6. The van der Waals surface area contributed by atoms with Crippen LogP contribution in [-0.4, -0.2) is 26.6 Å². The largest absolute Gasteiger partial charge is 0.324 e. The van der Waals surface area contributed by atoms with Gasteiger partial charge >= 0.3 is 0 Å². The number of carbonyl (C=O) groups is 2. The smallest absolute Gasteiger partial charge is 0.249 e. The van der Waals surface area contributed by atoms with E-state index in [-0.39, 0.29) is 18.2 Å². The minimum Gasteiger partial charge on any atom is -0.324 e. The minimum atomic E-state index is -0.717. The zero-order valence-corrected chi connectivity index (χ0v) is 11.9. The van der Waals surface area contributed by atoms with Gasteiger partial charge < -0.3 is 5.32 Å². The van der Waals surface area contributed by atoms with Crippen molar-refractivity contribution in [3.63, 3.8) is 0 Å². The molecule has 1 aliphatic rings. The fraction of sp³-hybridized carbons (Fsp3) is 0.231. The van der Waals surface area contributed by atoms with Crippen LogP contribution in [0.5, 0.6) is 0 Å². The molecule has 2 aromatic rings. The Morgan fingerprint density at radius 3 is 2.86 bits per heavy atom. The molecule has 0 bridgehead atoms. The fourth-order valence-corrected chi connectivity index (χ4v) is 2.26. The average molecular weight is 306 g/mol. The summed E-state index contributed by atoms with van der Waals surface area (Å²) in [6, 6.07) is 6.02. The number of halogens is 1. The lowest BCUT2D eigenvalue weighted by Crippen LogP contribution is -2.36. The second-order valence-electron chi connectivity index (χ2n) is 4.69. The number of hydrogen-bond donors (Lipinski definition) is 2. The molecule has 0 fully saturated rings. The molecule has 21 heavy (non-hydrogen) atoms. The zero-order chi connectivity index (χ0) is 15.0. The molecule has 2 amide bonds. The molecule has 1 aromatic carbocycles. The first-order chi connectivity index (χ1) is 10.0. The molecule has 8 heteroatoms. The van der Waals surface area contributed by atoms with Crippen LogP contribution < -0.4 is 10.6 Å². The lowest BCUT2D eigenvalue weighted by atomic mass is 10.1. The van der Waals surface area contributed by atoms with E-state index in [1.54, 1.807) is 31.2 Å². The van der Waals surface area contributed by atoms with Gasteiger partial charge in [-0.3, -0.25) is 14.9 Å². The van der Waals surface area contributed by atoms with Crippen molar-refractivity contribution < 1.29 is 9.59 Å². The van der Waals surface area contributed by atoms with Crippen LogP contribution >= 0.6 is 11.6 Å². The number of carbonyl (C=O) groups excluding carboxylic acids is 2. The summed E-state index contributed by atoms with van der Waals surface area (Å²) in [6.07, 6.45) is 0.0230. The Labute approximate surface area is 125 Å². The van der Waals surface area contributed by atoms with Gasteiger partial charge in [0.1, 0.15) is 11.9 Å². The summed E-state index contributed by atoms with van der Waals surface area (Å²) < 4.78 is 1.43. The maximum absolute atomic E-state index is 12.4. The molecule has 0 aliphatic carbocycles. The predicted molar refractivity (Wildman–Crippen MR) is 77.1 cm³/mol. The minimum absolute atomic E-state index is 0.0230. The van der Waals surface area contributed by atoms with Crippen LogP contribution in [0.4, 0.5) is 11.6 Å². The summed E-state index contributed by atoms with van der Waals surface area (Å²) in [5.74, 6) is 0.209. The van der Waals surface area contributed by atoms with E-state index < -0.39 is 6.04 Å². The number of nitrogens with zero attached hydrogens (tertiary/aromatic N) is 3. The van der Waals surface area contributed by atoms with Crippen LogP contribution in [-0.2, 0) is 9.59 Å². The molecular formula is C13H12ClN5O2. The van der Waals surface area contributed by atoms with Gasteiger partial charge in [-0.15, -0.1) is 0 Å². The first-order valence-corrected chi connectivity index (χ1v) is 6.70. The molecular weight excluding hydrogens is 294 g/mol. The van der Waals surface area contributed by atoms with Crippen molar-refractivity contribution >= 4 is 35.1 Å². The average Bonchev–Trinajstić information content (AvgIpc) is 2.80. The highest BCUT2D eigenvalue weighted by Gasteiger charge is 2.32. The Balaban J connectivity index is 1.84. The standard InChI is InChI=1S/C13H12ClN5O2/c1-7-15-13-17-11(20)6-10(19(13)18-7)12(21)16-9-4-2-8(14)3-5-9/h2-5,10H,6H2,1H3,(H,16,21)(H,15,17,18,20). The molecule has 0 saturated carbocycles. The van der Waals surface area contributed by atoms with E-state index in [1.165, 1.54) is 4.68 Å². The van der Waals surface area contributed by atoms with E-state index >= 15 is 0 Å². The molecule has 108 valence electrons. The van der Waals surface area contributed by atoms with Crippen LogP contribution in [0.3, 0.4) is 0 Å². The number of rotatable bonds is 2. The fourth-order valence-electron chi connectivity index (χ4n) is 2.13. The van der Waals surface area contributed by atoms with Crippen molar-refractivity contribution in [3.8, 4) is 0 Å². The van der Waals surface area contributed by atoms with Gasteiger partial charge in [0, 0.05) is 10.7 Å². The van der Waals surface area contributed by atoms with Gasteiger partial charge in [-0.25, -0.2) is 4.68 Å². The van der Waals surface area contributed by atoms with Gasteiger partial charge in [0.15, 0.2) is 0 Å². The van der Waals surface area contributed by atoms with Crippen molar-refractivity contribution in [2.75, 3.05) is 10.6 Å². The molecule has 1 atom stereocenters. The van der Waals surface area contributed by atoms with Crippen LogP contribution in [0.25, 0.3) is 0 Å². The van der Waals surface area contributed by atoms with E-state index in [9.17, 15) is 9.59 Å². The van der Waals surface area contributed by atoms with Crippen molar-refractivity contribution in [1.82, 2.24) is 14.8 Å². The monoisotopic (exact) mass is 305 g/mol. The zero-order valence-electron chi connectivity index (χ0n) is 11.1. The number of fused-ring (bicyclic) bond motifs is 1. The maximum Gasteiger partial charge on any atom is 0.249 e. The Kier molecular flexibility index (Phi) is 3.34. The Morgan fingerprint density at radius 2 is 2.14 bits per heavy atom. The van der Waals surface area contributed by atoms with E-state index in [0.29, 0.717) is 22.5 Å². The molecule has 0 spiro atoms. The highest BCUT2D eigenvalue weighted by atomic mass is 35.5. The predicted octanol–water partition coefficient (Wildman–Crippen LogP) is 1.76. The third kappa shape index (κ3) is 2.73. The van der Waals surface area contributed by atoms with E-state index in [1.807, 2.05) is 0 Å². The summed E-state index contributed by atoms with van der Waals surface area (Å²) in [4.78, 5) is 28.1. The normalized spacial score (nSPS) is 17.0. The van der Waals surface area contributed by atoms with Gasteiger partial charge in [-0.05, 0) is 31.2 Å². The van der Waals surface area contributed by atoms with Crippen LogP contribution in [0.15, 0.2) is 24.3 Å². The van der Waals surface area contributed by atoms with E-state index in [4.69, 9.17) is 11.6 Å². The summed E-state index contributed by atoms with van der Waals surface area (Å²) >= 11 is 5.80. The number of anilines is 2. The SMILES string of the molecule is Cc1nc2n(n1)C(C(=O)Nc1ccc(Cl)cc1)CC(=O)N2. The molecule has 3 rings (SSSR count). The molecule has 0 saturated heterocycles. The quantitative estimate of drug-likeness (QED) is 0.885. The van der Waals surface area contributed by atoms with Crippen molar-refractivity contribution in [1.29, 1.82) is 0 Å². The Bertz CT molecular complexity index is 710. The highest BCUT2D eigenvalue weighted by Crippen LogP contribution is 2.24. The van der Waals surface area contributed by atoms with Crippen molar-refractivity contribution in [2.24, 2.45) is 0 Å². The maximum atomic E-state index is 12.4. The molecule has 0 radical (unpaired) electrons. The molecule has 1 unspecified atom stereocenters. The number of hydrogen-bond acceptors (Lipinski definition) is 4. The molecule has 2 N–H and O–H groups in total. The van der Waals surface area contributed by atoms with Crippen LogP contribution in [0.2, 0.25) is 5.02 Å². The van der Waals surface area contributed by atoms with Crippen molar-refractivity contribution in [2.45, 2.75) is 19.4 Å². The van der Waals surface area contributed by atoms with Crippen molar-refractivity contribution in [3.05, 3.63) is 35.1 Å². The van der Waals surface area contributed by atoms with Crippen LogP contribution in [0, 0.1) is 6.92 Å². The number of nitrogens with one attached hydrogen (secondary N) is 2. The summed E-state index contributed by atoms with van der Waals surface area (Å²) in [7, 11) is 0. The topological polar surface area (TPSA) is 88.9 Å². The summed E-state index contributed by atoms with van der Waals surface area (Å²) in [5.41, 5.74) is 0.605. The number of aryl methyl sites for hydroxylation is 1. The Hall–Kier alpha value is -2.41. The second-order valence-corrected chi connectivity index (χ2v) is 5.13. The van der Waals surface area contributed by atoms with Crippen LogP contribution in [0.1, 0.15) is 18.3 Å². The molecule has 7 nitrogen and oxygen atoms in total. The van der Waals surface area contributed by atoms with E-state index in [2.05, 4.69) is 20.7 Å². The molecule has 1 aliphatic heterocycles. The summed E-state index contributed by atoms with van der Waals surface area (Å²) in [6.45, 7) is 1.70. The number of aromatic nitrogens is 3. The third-order valence-corrected chi connectivity index (χ3v) is 3.33. The van der Waals surface area contributed by atoms with Gasteiger partial charge in [0.25, 0.3) is 0 Å². The summed E-state index contributed by atoms with van der Waals surface area (Å²) in [5, 5.41) is 10.1. The molecule has 1 aromatic heterocycles. The Morgan fingerprint density at radius 1 is 1.43 bits per heavy atom. The number of amides is 2. The number of benzene rings is 1. The van der Waals surface area contributed by atoms with Gasteiger partial charge in [-0.1, -0.05) is 11.6 Å². The lowest BCUT2D eigenvalue weighted by molar-refractivity contribution is -0.125. The molecule has 2 heterocycles. The lowest BCUT2D eigenvalue weighted by Gasteiger charge is -2.22. The third-order valence-electron chi connectivity index (χ3n) is 3.08. The second kappa shape index (κ2) is 5.17. The van der Waals surface area contributed by atoms with E-state index in [0.717, 1.165) is 0 Å². The van der Waals surface area contributed by atoms with Gasteiger partial charge in [0.05, 0.1) is 6.42 Å².